The van der Waals surface area contributed by atoms with Crippen molar-refractivity contribution in [2.45, 2.75) is 33.2 Å². The summed E-state index contributed by atoms with van der Waals surface area (Å²) in [4.78, 5) is 23.5. The summed E-state index contributed by atoms with van der Waals surface area (Å²) >= 11 is 0. The quantitative estimate of drug-likeness (QED) is 0.939. The van der Waals surface area contributed by atoms with Gasteiger partial charge in [0.15, 0.2) is 0 Å². The van der Waals surface area contributed by atoms with E-state index in [1.807, 2.05) is 50.2 Å². The topological polar surface area (TPSA) is 58.1 Å². The summed E-state index contributed by atoms with van der Waals surface area (Å²) in [6.07, 6.45) is 3.47. The van der Waals surface area contributed by atoms with Gasteiger partial charge in [-0.2, -0.15) is 0 Å². The predicted molar refractivity (Wildman–Crippen MR) is 94.6 cm³/mol. The number of aromatic nitrogens is 2. The summed E-state index contributed by atoms with van der Waals surface area (Å²) in [6.45, 7) is 6.19. The van der Waals surface area contributed by atoms with Crippen LogP contribution in [0.3, 0.4) is 0 Å². The maximum Gasteiger partial charge on any atom is 0.227 e. The van der Waals surface area contributed by atoms with Gasteiger partial charge in [-0.15, -0.1) is 0 Å². The van der Waals surface area contributed by atoms with Crippen molar-refractivity contribution in [1.82, 2.24) is 15.3 Å². The molecule has 0 unspecified atom stereocenters. The molecular weight excluding hydrogens is 300 g/mol. The first-order valence-electron chi connectivity index (χ1n) is 8.43. The number of nitrogens with one attached hydrogen (secondary N) is 1. The molecule has 5 heteroatoms. The van der Waals surface area contributed by atoms with E-state index in [0.29, 0.717) is 13.1 Å². The SMILES string of the molecule is Cc1cc(N2CCC[C@@](C)(C(=O)NCc3ccccc3)C2)ncn1. The minimum atomic E-state index is -0.397. The highest BCUT2D eigenvalue weighted by Gasteiger charge is 2.38. The molecule has 0 aliphatic carbocycles. The van der Waals surface area contributed by atoms with Gasteiger partial charge in [-0.3, -0.25) is 4.79 Å². The van der Waals surface area contributed by atoms with Gasteiger partial charge >= 0.3 is 0 Å². The molecule has 2 heterocycles. The van der Waals surface area contributed by atoms with Crippen molar-refractivity contribution in [2.24, 2.45) is 5.41 Å². The second kappa shape index (κ2) is 6.99. The Morgan fingerprint density at radius 3 is 2.83 bits per heavy atom. The van der Waals surface area contributed by atoms with Gasteiger partial charge in [0.2, 0.25) is 5.91 Å². The molecule has 3 rings (SSSR count). The minimum absolute atomic E-state index is 0.113. The fourth-order valence-electron chi connectivity index (χ4n) is 3.23. The fraction of sp³-hybridized carbons (Fsp3) is 0.421. The van der Waals surface area contributed by atoms with Crippen molar-refractivity contribution in [3.63, 3.8) is 0 Å². The second-order valence-corrected chi connectivity index (χ2v) is 6.77. The van der Waals surface area contributed by atoms with E-state index in [9.17, 15) is 4.79 Å². The smallest absolute Gasteiger partial charge is 0.227 e. The summed E-state index contributed by atoms with van der Waals surface area (Å²) in [6, 6.07) is 12.0. The Kier molecular flexibility index (Phi) is 4.79. The average Bonchev–Trinajstić information content (AvgIpc) is 2.60. The molecule has 0 spiro atoms. The molecule has 1 atom stereocenters. The minimum Gasteiger partial charge on any atom is -0.355 e. The number of amides is 1. The van der Waals surface area contributed by atoms with Crippen molar-refractivity contribution >= 4 is 11.7 Å². The van der Waals surface area contributed by atoms with Crippen LogP contribution in [0.1, 0.15) is 31.0 Å². The maximum absolute atomic E-state index is 12.8. The number of aryl methyl sites for hydroxylation is 1. The van der Waals surface area contributed by atoms with Gasteiger partial charge < -0.3 is 10.2 Å². The zero-order valence-corrected chi connectivity index (χ0v) is 14.3. The summed E-state index contributed by atoms with van der Waals surface area (Å²) in [5.41, 5.74) is 1.67. The van der Waals surface area contributed by atoms with Crippen molar-refractivity contribution in [1.29, 1.82) is 0 Å². The van der Waals surface area contributed by atoms with Crippen molar-refractivity contribution in [3.05, 3.63) is 54.0 Å². The largest absolute Gasteiger partial charge is 0.355 e. The predicted octanol–water partition coefficient (Wildman–Crippen LogP) is 2.71. The van der Waals surface area contributed by atoms with Gasteiger partial charge in [0.1, 0.15) is 12.1 Å². The Labute approximate surface area is 143 Å². The summed E-state index contributed by atoms with van der Waals surface area (Å²) in [7, 11) is 0. The first-order chi connectivity index (χ1) is 11.6. The zero-order valence-electron chi connectivity index (χ0n) is 14.3. The Balaban J connectivity index is 1.66. The van der Waals surface area contributed by atoms with E-state index in [1.165, 1.54) is 0 Å². The molecule has 24 heavy (non-hydrogen) atoms. The highest BCUT2D eigenvalue weighted by molar-refractivity contribution is 5.83. The van der Waals surface area contributed by atoms with Gasteiger partial charge in [-0.1, -0.05) is 30.3 Å². The normalized spacial score (nSPS) is 20.7. The Bertz CT molecular complexity index is 704. The van der Waals surface area contributed by atoms with E-state index in [2.05, 4.69) is 20.2 Å². The molecule has 1 aromatic heterocycles. The van der Waals surface area contributed by atoms with E-state index in [0.717, 1.165) is 36.5 Å². The van der Waals surface area contributed by atoms with Gasteiger partial charge in [-0.25, -0.2) is 9.97 Å². The molecule has 1 aliphatic rings. The zero-order chi connectivity index (χ0) is 17.0. The number of carbonyl (C=O) groups excluding carboxylic acids is 1. The molecule has 2 aromatic rings. The number of anilines is 1. The summed E-state index contributed by atoms with van der Waals surface area (Å²) in [5, 5.41) is 3.09. The molecule has 126 valence electrons. The van der Waals surface area contributed by atoms with Crippen molar-refractivity contribution < 1.29 is 4.79 Å². The number of piperidine rings is 1. The molecule has 1 aromatic carbocycles. The van der Waals surface area contributed by atoms with Crippen LogP contribution in [-0.4, -0.2) is 29.0 Å². The van der Waals surface area contributed by atoms with E-state index < -0.39 is 5.41 Å². The monoisotopic (exact) mass is 324 g/mol. The molecule has 1 fully saturated rings. The van der Waals surface area contributed by atoms with Gasteiger partial charge in [0.05, 0.1) is 5.41 Å². The lowest BCUT2D eigenvalue weighted by molar-refractivity contribution is -0.130. The van der Waals surface area contributed by atoms with Gasteiger partial charge in [-0.05, 0) is 32.3 Å². The molecule has 1 saturated heterocycles. The first kappa shape index (κ1) is 16.4. The third-order valence-electron chi connectivity index (χ3n) is 4.65. The molecule has 5 nitrogen and oxygen atoms in total. The third-order valence-corrected chi connectivity index (χ3v) is 4.65. The number of hydrogen-bond acceptors (Lipinski definition) is 4. The van der Waals surface area contributed by atoms with Crippen LogP contribution < -0.4 is 10.2 Å². The van der Waals surface area contributed by atoms with E-state index in [-0.39, 0.29) is 5.91 Å². The van der Waals surface area contributed by atoms with Crippen LogP contribution in [0.15, 0.2) is 42.7 Å². The van der Waals surface area contributed by atoms with Crippen LogP contribution in [0.4, 0.5) is 5.82 Å². The first-order valence-corrected chi connectivity index (χ1v) is 8.43. The molecule has 0 bridgehead atoms. The van der Waals surface area contributed by atoms with E-state index in [4.69, 9.17) is 0 Å². The van der Waals surface area contributed by atoms with Crippen molar-refractivity contribution in [3.8, 4) is 0 Å². The second-order valence-electron chi connectivity index (χ2n) is 6.77. The lowest BCUT2D eigenvalue weighted by Gasteiger charge is -2.40. The standard InChI is InChI=1S/C19H24N4O/c1-15-11-17(22-14-21-15)23-10-6-9-19(2,13-23)18(24)20-12-16-7-4-3-5-8-16/h3-5,7-8,11,14H,6,9-10,12-13H2,1-2H3,(H,20,24)/t19-/m1/s1. The third kappa shape index (κ3) is 3.72. The van der Waals surface area contributed by atoms with Crippen LogP contribution in [-0.2, 0) is 11.3 Å². The average molecular weight is 324 g/mol. The van der Waals surface area contributed by atoms with Crippen molar-refractivity contribution in [2.75, 3.05) is 18.0 Å². The van der Waals surface area contributed by atoms with Crippen LogP contribution in [0.5, 0.6) is 0 Å². The molecule has 0 radical (unpaired) electrons. The van der Waals surface area contributed by atoms with Crippen LogP contribution in [0, 0.1) is 12.3 Å². The Hall–Kier alpha value is -2.43. The molecule has 1 aliphatic heterocycles. The number of nitrogens with zero attached hydrogens (tertiary/aromatic N) is 3. The molecule has 1 N–H and O–H groups in total. The number of hydrogen-bond donors (Lipinski definition) is 1. The lowest BCUT2D eigenvalue weighted by atomic mass is 9.81. The van der Waals surface area contributed by atoms with E-state index in [1.54, 1.807) is 6.33 Å². The number of rotatable bonds is 4. The summed E-state index contributed by atoms with van der Waals surface area (Å²) < 4.78 is 0. The van der Waals surface area contributed by atoms with Crippen LogP contribution >= 0.6 is 0 Å². The number of carbonyl (C=O) groups is 1. The van der Waals surface area contributed by atoms with Gasteiger partial charge in [0.25, 0.3) is 0 Å². The Morgan fingerprint density at radius 2 is 2.08 bits per heavy atom. The lowest BCUT2D eigenvalue weighted by Crippen LogP contribution is -2.50. The van der Waals surface area contributed by atoms with Crippen LogP contribution in [0.2, 0.25) is 0 Å². The molecule has 1 amide bonds. The van der Waals surface area contributed by atoms with Crippen LogP contribution in [0.25, 0.3) is 0 Å². The van der Waals surface area contributed by atoms with E-state index >= 15 is 0 Å². The highest BCUT2D eigenvalue weighted by atomic mass is 16.2. The summed E-state index contributed by atoms with van der Waals surface area (Å²) in [5.74, 6) is 1.02. The Morgan fingerprint density at radius 1 is 1.29 bits per heavy atom. The molecule has 0 saturated carbocycles. The number of benzene rings is 1. The maximum atomic E-state index is 12.8. The molecular formula is C19H24N4O. The fourth-order valence-corrected chi connectivity index (χ4v) is 3.23. The van der Waals surface area contributed by atoms with Gasteiger partial charge in [0, 0.05) is 31.4 Å². The highest BCUT2D eigenvalue weighted by Crippen LogP contribution is 2.32.